The van der Waals surface area contributed by atoms with Gasteiger partial charge in [-0.3, -0.25) is 4.68 Å². The number of carbonyl (C=O) groups is 1. The second-order valence-corrected chi connectivity index (χ2v) is 8.68. The quantitative estimate of drug-likeness (QED) is 0.909. The van der Waals surface area contributed by atoms with Crippen LogP contribution in [0.4, 0.5) is 10.5 Å². The second-order valence-electron chi connectivity index (χ2n) is 8.68. The molecule has 2 rings (SSSR count). The van der Waals surface area contributed by atoms with Crippen molar-refractivity contribution in [1.82, 2.24) is 14.7 Å². The zero-order chi connectivity index (χ0) is 18.1. The Morgan fingerprint density at radius 3 is 2.58 bits per heavy atom. The molecule has 0 bridgehead atoms. The first-order chi connectivity index (χ1) is 11.0. The number of hydrogen-bond acceptors (Lipinski definition) is 4. The number of aromatic nitrogens is 2. The highest BCUT2D eigenvalue weighted by atomic mass is 16.6. The van der Waals surface area contributed by atoms with Gasteiger partial charge in [0.2, 0.25) is 0 Å². The molecule has 136 valence electrons. The molecule has 6 nitrogen and oxygen atoms in total. The molecule has 0 spiro atoms. The van der Waals surface area contributed by atoms with Crippen molar-refractivity contribution in [3.63, 3.8) is 0 Å². The van der Waals surface area contributed by atoms with Crippen LogP contribution in [0.2, 0.25) is 0 Å². The Kier molecular flexibility index (Phi) is 5.16. The summed E-state index contributed by atoms with van der Waals surface area (Å²) < 4.78 is 7.46. The Morgan fingerprint density at radius 2 is 2.08 bits per heavy atom. The minimum absolute atomic E-state index is 0.0465. The summed E-state index contributed by atoms with van der Waals surface area (Å²) in [5, 5.41) is 7.97. The van der Waals surface area contributed by atoms with Gasteiger partial charge >= 0.3 is 6.09 Å². The average Bonchev–Trinajstić information content (AvgIpc) is 2.87. The van der Waals surface area contributed by atoms with Gasteiger partial charge in [0.15, 0.2) is 0 Å². The number of ether oxygens (including phenoxy) is 1. The van der Waals surface area contributed by atoms with E-state index in [0.29, 0.717) is 25.2 Å². The maximum absolute atomic E-state index is 12.3. The van der Waals surface area contributed by atoms with E-state index in [9.17, 15) is 4.79 Å². The fraction of sp³-hybridized carbons (Fsp3) is 0.778. The lowest BCUT2D eigenvalue weighted by atomic mass is 9.79. The van der Waals surface area contributed by atoms with Gasteiger partial charge in [-0.15, -0.1) is 0 Å². The standard InChI is InChI=1S/C18H32N4O2/c1-13(2)22-11-14(10-19-22)20-15-8-9-21(12-18(15,6)7)16(23)24-17(3,4)5/h10-11,13,15,20H,8-9,12H2,1-7H3. The molecular weight excluding hydrogens is 304 g/mol. The minimum Gasteiger partial charge on any atom is -0.444 e. The van der Waals surface area contributed by atoms with E-state index in [1.165, 1.54) is 0 Å². The Morgan fingerprint density at radius 1 is 1.42 bits per heavy atom. The number of amides is 1. The molecule has 1 aromatic heterocycles. The topological polar surface area (TPSA) is 59.4 Å². The van der Waals surface area contributed by atoms with Crippen LogP contribution >= 0.6 is 0 Å². The minimum atomic E-state index is -0.457. The van der Waals surface area contributed by atoms with Gasteiger partial charge < -0.3 is 15.0 Å². The van der Waals surface area contributed by atoms with E-state index in [1.54, 1.807) is 0 Å². The van der Waals surface area contributed by atoms with E-state index >= 15 is 0 Å². The Labute approximate surface area is 145 Å². The molecule has 1 fully saturated rings. The van der Waals surface area contributed by atoms with E-state index < -0.39 is 5.60 Å². The maximum Gasteiger partial charge on any atom is 0.410 e. The van der Waals surface area contributed by atoms with E-state index in [-0.39, 0.29) is 11.5 Å². The molecule has 1 N–H and O–H groups in total. The molecule has 0 radical (unpaired) electrons. The normalized spacial score (nSPS) is 21.0. The summed E-state index contributed by atoms with van der Waals surface area (Å²) in [5.41, 5.74) is 0.532. The van der Waals surface area contributed by atoms with Gasteiger partial charge in [-0.2, -0.15) is 5.10 Å². The highest BCUT2D eigenvalue weighted by Gasteiger charge is 2.39. The summed E-state index contributed by atoms with van der Waals surface area (Å²) in [5.74, 6) is 0. The number of piperidine rings is 1. The second kappa shape index (κ2) is 6.65. The summed E-state index contributed by atoms with van der Waals surface area (Å²) in [4.78, 5) is 14.1. The third-order valence-corrected chi connectivity index (χ3v) is 4.35. The summed E-state index contributed by atoms with van der Waals surface area (Å²) in [6.07, 6.45) is 4.58. The van der Waals surface area contributed by atoms with Crippen LogP contribution in [0.1, 0.15) is 60.9 Å². The Bertz CT molecular complexity index is 572. The van der Waals surface area contributed by atoms with Crippen molar-refractivity contribution in [2.75, 3.05) is 18.4 Å². The fourth-order valence-corrected chi connectivity index (χ4v) is 3.00. The number of rotatable bonds is 3. The molecule has 1 unspecified atom stereocenters. The van der Waals surface area contributed by atoms with Crippen LogP contribution in [-0.2, 0) is 4.74 Å². The predicted octanol–water partition coefficient (Wildman–Crippen LogP) is 3.91. The van der Waals surface area contributed by atoms with Crippen molar-refractivity contribution in [1.29, 1.82) is 0 Å². The zero-order valence-electron chi connectivity index (χ0n) is 16.1. The van der Waals surface area contributed by atoms with E-state index in [1.807, 2.05) is 42.7 Å². The molecule has 1 aromatic rings. The number of nitrogens with zero attached hydrogens (tertiary/aromatic N) is 3. The summed E-state index contributed by atoms with van der Waals surface area (Å²) in [6.45, 7) is 15.7. The monoisotopic (exact) mass is 336 g/mol. The van der Waals surface area contributed by atoms with Crippen LogP contribution < -0.4 is 5.32 Å². The van der Waals surface area contributed by atoms with Gasteiger partial charge in [0.05, 0.1) is 11.9 Å². The number of hydrogen-bond donors (Lipinski definition) is 1. The lowest BCUT2D eigenvalue weighted by Gasteiger charge is -2.44. The van der Waals surface area contributed by atoms with Crippen molar-refractivity contribution in [2.24, 2.45) is 5.41 Å². The molecule has 1 saturated heterocycles. The average molecular weight is 336 g/mol. The molecule has 1 aliphatic rings. The molecule has 1 amide bonds. The van der Waals surface area contributed by atoms with Crippen LogP contribution in [0.5, 0.6) is 0 Å². The number of likely N-dealkylation sites (tertiary alicyclic amines) is 1. The summed E-state index contributed by atoms with van der Waals surface area (Å²) >= 11 is 0. The molecular formula is C18H32N4O2. The third kappa shape index (κ3) is 4.65. The summed E-state index contributed by atoms with van der Waals surface area (Å²) in [6, 6.07) is 0.642. The van der Waals surface area contributed by atoms with Crippen molar-refractivity contribution in [3.05, 3.63) is 12.4 Å². The lowest BCUT2D eigenvalue weighted by Crippen LogP contribution is -2.54. The molecule has 1 atom stereocenters. The third-order valence-electron chi connectivity index (χ3n) is 4.35. The van der Waals surface area contributed by atoms with Gasteiger partial charge in [-0.05, 0) is 41.0 Å². The fourth-order valence-electron chi connectivity index (χ4n) is 3.00. The first-order valence-corrected chi connectivity index (χ1v) is 8.76. The van der Waals surface area contributed by atoms with Crippen LogP contribution in [-0.4, -0.2) is 45.5 Å². The van der Waals surface area contributed by atoms with Crippen molar-refractivity contribution < 1.29 is 9.53 Å². The first-order valence-electron chi connectivity index (χ1n) is 8.76. The van der Waals surface area contributed by atoms with Gasteiger partial charge in [-0.1, -0.05) is 13.8 Å². The van der Waals surface area contributed by atoms with Gasteiger partial charge in [0.1, 0.15) is 5.60 Å². The SMILES string of the molecule is CC(C)n1cc(NC2CCN(C(=O)OC(C)(C)C)CC2(C)C)cn1. The molecule has 2 heterocycles. The number of nitrogens with one attached hydrogen (secondary N) is 1. The highest BCUT2D eigenvalue weighted by Crippen LogP contribution is 2.32. The number of anilines is 1. The molecule has 0 aromatic carbocycles. The number of carbonyl (C=O) groups excluding carboxylic acids is 1. The molecule has 1 aliphatic heterocycles. The molecule has 24 heavy (non-hydrogen) atoms. The highest BCUT2D eigenvalue weighted by molar-refractivity contribution is 5.68. The predicted molar refractivity (Wildman–Crippen MR) is 96.2 cm³/mol. The maximum atomic E-state index is 12.3. The smallest absolute Gasteiger partial charge is 0.410 e. The molecule has 6 heteroatoms. The van der Waals surface area contributed by atoms with Crippen LogP contribution in [0.25, 0.3) is 0 Å². The van der Waals surface area contributed by atoms with Crippen molar-refractivity contribution in [3.8, 4) is 0 Å². The van der Waals surface area contributed by atoms with Gasteiger partial charge in [0.25, 0.3) is 0 Å². The van der Waals surface area contributed by atoms with Crippen LogP contribution in [0.15, 0.2) is 12.4 Å². The summed E-state index contributed by atoms with van der Waals surface area (Å²) in [7, 11) is 0. The van der Waals surface area contributed by atoms with Crippen molar-refractivity contribution >= 4 is 11.8 Å². The largest absolute Gasteiger partial charge is 0.444 e. The van der Waals surface area contributed by atoms with Crippen LogP contribution in [0, 0.1) is 5.41 Å². The Balaban J connectivity index is 1.99. The zero-order valence-corrected chi connectivity index (χ0v) is 16.1. The Hall–Kier alpha value is -1.72. The molecule has 0 aliphatic carbocycles. The van der Waals surface area contributed by atoms with Gasteiger partial charge in [0, 0.05) is 36.8 Å². The van der Waals surface area contributed by atoms with Gasteiger partial charge in [-0.25, -0.2) is 4.79 Å². The van der Waals surface area contributed by atoms with Crippen molar-refractivity contribution in [2.45, 2.75) is 72.6 Å². The van der Waals surface area contributed by atoms with E-state index in [2.05, 4.69) is 38.1 Å². The lowest BCUT2D eigenvalue weighted by molar-refractivity contribution is 0.00691. The van der Waals surface area contributed by atoms with Crippen LogP contribution in [0.3, 0.4) is 0 Å². The van der Waals surface area contributed by atoms with E-state index in [0.717, 1.165) is 12.1 Å². The first kappa shape index (κ1) is 18.6. The van der Waals surface area contributed by atoms with E-state index in [4.69, 9.17) is 4.74 Å². The molecule has 0 saturated carbocycles.